The molecular weight excluding hydrogens is 196 g/mol. The Morgan fingerprint density at radius 3 is 2.12 bits per heavy atom. The fourth-order valence-electron chi connectivity index (χ4n) is 3.93. The molecule has 0 aromatic heterocycles. The smallest absolute Gasteiger partial charge is 0.0130 e. The van der Waals surface area contributed by atoms with Crippen molar-refractivity contribution in [2.24, 2.45) is 0 Å². The lowest BCUT2D eigenvalue weighted by Gasteiger charge is -2.55. The van der Waals surface area contributed by atoms with E-state index in [4.69, 9.17) is 0 Å². The van der Waals surface area contributed by atoms with Gasteiger partial charge in [-0.15, -0.1) is 0 Å². The summed E-state index contributed by atoms with van der Waals surface area (Å²) in [5.41, 5.74) is 0.354. The van der Waals surface area contributed by atoms with E-state index in [1.807, 2.05) is 0 Å². The highest BCUT2D eigenvalue weighted by Gasteiger charge is 2.42. The summed E-state index contributed by atoms with van der Waals surface area (Å²) in [5, 5.41) is 3.66. The summed E-state index contributed by atoms with van der Waals surface area (Å²) in [6.07, 6.45) is 7.00. The zero-order chi connectivity index (χ0) is 11.8. The number of nitrogens with zero attached hydrogens (tertiary/aromatic N) is 1. The molecule has 2 atom stereocenters. The number of piperidine rings is 2. The van der Waals surface area contributed by atoms with Gasteiger partial charge >= 0.3 is 0 Å². The second-order valence-corrected chi connectivity index (χ2v) is 6.54. The van der Waals surface area contributed by atoms with Gasteiger partial charge in [0.05, 0.1) is 0 Å². The summed E-state index contributed by atoms with van der Waals surface area (Å²) in [4.78, 5) is 2.81. The Morgan fingerprint density at radius 1 is 1.12 bits per heavy atom. The van der Waals surface area contributed by atoms with Crippen LogP contribution >= 0.6 is 0 Å². The van der Waals surface area contributed by atoms with Crippen LogP contribution in [0.3, 0.4) is 0 Å². The van der Waals surface area contributed by atoms with Crippen LogP contribution in [0.4, 0.5) is 0 Å². The number of hydrogen-bond acceptors (Lipinski definition) is 2. The average molecular weight is 224 g/mol. The quantitative estimate of drug-likeness (QED) is 0.776. The van der Waals surface area contributed by atoms with Gasteiger partial charge in [-0.2, -0.15) is 0 Å². The SMILES string of the molecule is CCNC1CC2CCCC(C1)N2C(C)(C)C. The first kappa shape index (κ1) is 12.4. The van der Waals surface area contributed by atoms with E-state index in [-0.39, 0.29) is 0 Å². The van der Waals surface area contributed by atoms with Crippen molar-refractivity contribution in [3.63, 3.8) is 0 Å². The maximum atomic E-state index is 3.66. The number of hydrogen-bond donors (Lipinski definition) is 1. The van der Waals surface area contributed by atoms with Gasteiger partial charge in [-0.25, -0.2) is 0 Å². The first-order valence-electron chi connectivity index (χ1n) is 7.04. The molecule has 0 aromatic rings. The van der Waals surface area contributed by atoms with Crippen LogP contribution in [0.5, 0.6) is 0 Å². The third kappa shape index (κ3) is 2.43. The minimum atomic E-state index is 0.354. The van der Waals surface area contributed by atoms with Crippen LogP contribution < -0.4 is 5.32 Å². The minimum absolute atomic E-state index is 0.354. The van der Waals surface area contributed by atoms with Gasteiger partial charge in [0.25, 0.3) is 0 Å². The van der Waals surface area contributed by atoms with E-state index in [0.29, 0.717) is 5.54 Å². The van der Waals surface area contributed by atoms with Gasteiger partial charge in [0.2, 0.25) is 0 Å². The minimum Gasteiger partial charge on any atom is -0.314 e. The molecule has 2 nitrogen and oxygen atoms in total. The lowest BCUT2D eigenvalue weighted by atomic mass is 9.78. The number of rotatable bonds is 2. The molecule has 0 radical (unpaired) electrons. The molecule has 2 saturated heterocycles. The molecule has 2 heteroatoms. The molecule has 16 heavy (non-hydrogen) atoms. The van der Waals surface area contributed by atoms with Gasteiger partial charge in [-0.1, -0.05) is 13.3 Å². The molecule has 0 aromatic carbocycles. The summed E-state index contributed by atoms with van der Waals surface area (Å²) >= 11 is 0. The lowest BCUT2D eigenvalue weighted by Crippen LogP contribution is -2.62. The van der Waals surface area contributed by atoms with E-state index >= 15 is 0 Å². The Bertz CT molecular complexity index is 217. The van der Waals surface area contributed by atoms with Gasteiger partial charge in [0, 0.05) is 23.7 Å². The lowest BCUT2D eigenvalue weighted by molar-refractivity contribution is -0.0402. The van der Waals surface area contributed by atoms with E-state index in [9.17, 15) is 0 Å². The van der Waals surface area contributed by atoms with Gasteiger partial charge in [0.15, 0.2) is 0 Å². The van der Waals surface area contributed by atoms with E-state index < -0.39 is 0 Å². The molecule has 2 aliphatic heterocycles. The van der Waals surface area contributed by atoms with Crippen LogP contribution in [0.1, 0.15) is 59.8 Å². The normalized spacial score (nSPS) is 36.4. The molecule has 0 saturated carbocycles. The third-order valence-corrected chi connectivity index (χ3v) is 4.24. The Labute approximate surface area is 101 Å². The average Bonchev–Trinajstić information content (AvgIpc) is 2.15. The summed E-state index contributed by atoms with van der Waals surface area (Å²) in [7, 11) is 0. The maximum absolute atomic E-state index is 3.66. The van der Waals surface area contributed by atoms with Crippen molar-refractivity contribution in [2.45, 2.75) is 83.5 Å². The fourth-order valence-corrected chi connectivity index (χ4v) is 3.93. The second-order valence-electron chi connectivity index (χ2n) is 6.54. The van der Waals surface area contributed by atoms with Crippen molar-refractivity contribution in [1.82, 2.24) is 10.2 Å². The van der Waals surface area contributed by atoms with Crippen molar-refractivity contribution < 1.29 is 0 Å². The molecule has 94 valence electrons. The van der Waals surface area contributed by atoms with Gasteiger partial charge in [0.1, 0.15) is 0 Å². The number of fused-ring (bicyclic) bond motifs is 2. The molecule has 0 spiro atoms. The van der Waals surface area contributed by atoms with Gasteiger partial charge in [-0.3, -0.25) is 4.90 Å². The molecule has 2 fully saturated rings. The molecule has 0 aliphatic carbocycles. The van der Waals surface area contributed by atoms with Gasteiger partial charge < -0.3 is 5.32 Å². The molecule has 2 unspecified atom stereocenters. The second kappa shape index (κ2) is 4.66. The highest BCUT2D eigenvalue weighted by atomic mass is 15.3. The van der Waals surface area contributed by atoms with Crippen molar-refractivity contribution in [3.8, 4) is 0 Å². The first-order chi connectivity index (χ1) is 7.52. The maximum Gasteiger partial charge on any atom is 0.0130 e. The molecular formula is C14H28N2. The van der Waals surface area contributed by atoms with E-state index in [0.717, 1.165) is 24.7 Å². The molecule has 2 rings (SSSR count). The van der Waals surface area contributed by atoms with Gasteiger partial charge in [-0.05, 0) is 53.0 Å². The highest BCUT2D eigenvalue weighted by molar-refractivity contribution is 4.99. The molecule has 2 aliphatic rings. The van der Waals surface area contributed by atoms with E-state index in [2.05, 4.69) is 37.9 Å². The standard InChI is InChI=1S/C14H28N2/c1-5-15-11-9-12-7-6-8-13(10-11)16(12)14(2,3)4/h11-13,15H,5-10H2,1-4H3. The van der Waals surface area contributed by atoms with Crippen LogP contribution in [0.15, 0.2) is 0 Å². The van der Waals surface area contributed by atoms with Crippen LogP contribution in [-0.4, -0.2) is 35.1 Å². The van der Waals surface area contributed by atoms with Crippen molar-refractivity contribution >= 4 is 0 Å². The zero-order valence-corrected chi connectivity index (χ0v) is 11.4. The topological polar surface area (TPSA) is 15.3 Å². The summed E-state index contributed by atoms with van der Waals surface area (Å²) in [5.74, 6) is 0. The zero-order valence-electron chi connectivity index (χ0n) is 11.4. The molecule has 2 heterocycles. The summed E-state index contributed by atoms with van der Waals surface area (Å²) < 4.78 is 0. The fraction of sp³-hybridized carbons (Fsp3) is 1.00. The Morgan fingerprint density at radius 2 is 1.69 bits per heavy atom. The van der Waals surface area contributed by atoms with Crippen molar-refractivity contribution in [3.05, 3.63) is 0 Å². The Hall–Kier alpha value is -0.0800. The Kier molecular flexibility index (Phi) is 3.60. The van der Waals surface area contributed by atoms with Crippen molar-refractivity contribution in [2.75, 3.05) is 6.54 Å². The first-order valence-corrected chi connectivity index (χ1v) is 7.04. The highest BCUT2D eigenvalue weighted by Crippen LogP contribution is 2.38. The number of nitrogens with one attached hydrogen (secondary N) is 1. The van der Waals surface area contributed by atoms with Crippen LogP contribution in [0, 0.1) is 0 Å². The predicted molar refractivity (Wildman–Crippen MR) is 69.7 cm³/mol. The summed E-state index contributed by atoms with van der Waals surface area (Å²) in [6, 6.07) is 2.44. The Balaban J connectivity index is 2.08. The van der Waals surface area contributed by atoms with Crippen LogP contribution in [0.2, 0.25) is 0 Å². The van der Waals surface area contributed by atoms with E-state index in [1.54, 1.807) is 0 Å². The largest absolute Gasteiger partial charge is 0.314 e. The molecule has 2 bridgehead atoms. The molecule has 0 amide bonds. The predicted octanol–water partition coefficient (Wildman–Crippen LogP) is 2.78. The van der Waals surface area contributed by atoms with Crippen LogP contribution in [-0.2, 0) is 0 Å². The van der Waals surface area contributed by atoms with E-state index in [1.165, 1.54) is 32.1 Å². The molecule has 1 N–H and O–H groups in total. The summed E-state index contributed by atoms with van der Waals surface area (Å²) in [6.45, 7) is 10.5. The monoisotopic (exact) mass is 224 g/mol. The van der Waals surface area contributed by atoms with Crippen LogP contribution in [0.25, 0.3) is 0 Å². The third-order valence-electron chi connectivity index (χ3n) is 4.24. The van der Waals surface area contributed by atoms with Crippen molar-refractivity contribution in [1.29, 1.82) is 0 Å².